The minimum absolute atomic E-state index is 0.100. The molecule has 0 aliphatic rings. The van der Waals surface area contributed by atoms with Crippen LogP contribution < -0.4 is 5.73 Å². The smallest absolute Gasteiger partial charge is 0.271 e. The van der Waals surface area contributed by atoms with Gasteiger partial charge < -0.3 is 5.73 Å². The van der Waals surface area contributed by atoms with E-state index in [0.717, 1.165) is 15.8 Å². The Morgan fingerprint density at radius 1 is 1.60 bits per heavy atom. The van der Waals surface area contributed by atoms with Gasteiger partial charge in [0.25, 0.3) is 5.69 Å². The summed E-state index contributed by atoms with van der Waals surface area (Å²) in [6.45, 7) is 1.94. The number of thiazole rings is 1. The quantitative estimate of drug-likeness (QED) is 0.625. The summed E-state index contributed by atoms with van der Waals surface area (Å²) in [6.07, 6.45) is 0.710. The maximum Gasteiger partial charge on any atom is 0.271 e. The van der Waals surface area contributed by atoms with Crippen molar-refractivity contribution in [3.63, 3.8) is 0 Å². The molecule has 0 atom stereocenters. The van der Waals surface area contributed by atoms with Gasteiger partial charge in [-0.2, -0.15) is 0 Å². The molecular weight excluding hydrogens is 214 g/mol. The number of hydrogen-bond donors (Lipinski definition) is 1. The Hall–Kier alpha value is -1.69. The number of nitrogens with zero attached hydrogens (tertiary/aromatic N) is 2. The van der Waals surface area contributed by atoms with E-state index in [1.54, 1.807) is 6.07 Å². The first-order chi connectivity index (χ1) is 7.11. The van der Waals surface area contributed by atoms with E-state index in [2.05, 4.69) is 4.98 Å². The van der Waals surface area contributed by atoms with Crippen molar-refractivity contribution < 1.29 is 4.92 Å². The summed E-state index contributed by atoms with van der Waals surface area (Å²) in [5.41, 5.74) is 7.33. The van der Waals surface area contributed by atoms with E-state index in [-0.39, 0.29) is 5.69 Å². The third kappa shape index (κ3) is 1.63. The number of hydrogen-bond acceptors (Lipinski definition) is 5. The fourth-order valence-corrected chi connectivity index (χ4v) is 2.29. The summed E-state index contributed by atoms with van der Waals surface area (Å²) in [5, 5.41) is 11.1. The van der Waals surface area contributed by atoms with Crippen LogP contribution >= 0.6 is 11.3 Å². The van der Waals surface area contributed by atoms with E-state index in [1.807, 2.05) is 6.92 Å². The molecule has 2 rings (SSSR count). The lowest BCUT2D eigenvalue weighted by Gasteiger charge is -1.98. The minimum atomic E-state index is -0.394. The Morgan fingerprint density at radius 2 is 2.33 bits per heavy atom. The number of aromatic nitrogens is 1. The van der Waals surface area contributed by atoms with Gasteiger partial charge in [0.15, 0.2) is 5.13 Å². The molecule has 0 spiro atoms. The van der Waals surface area contributed by atoms with Gasteiger partial charge >= 0.3 is 0 Å². The second-order valence-corrected chi connectivity index (χ2v) is 4.18. The zero-order chi connectivity index (χ0) is 11.0. The Morgan fingerprint density at radius 3 is 2.93 bits per heavy atom. The summed E-state index contributed by atoms with van der Waals surface area (Å²) in [6, 6.07) is 3.07. The molecule has 78 valence electrons. The van der Waals surface area contributed by atoms with Crippen molar-refractivity contribution in [2.75, 3.05) is 5.73 Å². The number of nitrogen functional groups attached to an aromatic ring is 1. The fourth-order valence-electron chi connectivity index (χ4n) is 1.47. The molecule has 0 saturated heterocycles. The first-order valence-corrected chi connectivity index (χ1v) is 5.26. The van der Waals surface area contributed by atoms with Gasteiger partial charge in [0, 0.05) is 12.1 Å². The van der Waals surface area contributed by atoms with Crippen LogP contribution in [0.3, 0.4) is 0 Å². The Balaban J connectivity index is 2.76. The van der Waals surface area contributed by atoms with Crippen molar-refractivity contribution in [2.45, 2.75) is 13.3 Å². The van der Waals surface area contributed by atoms with E-state index < -0.39 is 4.92 Å². The van der Waals surface area contributed by atoms with E-state index in [9.17, 15) is 10.1 Å². The number of nitro groups is 1. The zero-order valence-corrected chi connectivity index (χ0v) is 8.87. The van der Waals surface area contributed by atoms with Gasteiger partial charge in [-0.1, -0.05) is 18.3 Å². The SMILES string of the molecule is CCc1cc([N+](=O)[O-])cc2sc(N)nc12. The Labute approximate surface area is 89.7 Å². The molecule has 6 heteroatoms. The Kier molecular flexibility index (Phi) is 2.28. The lowest BCUT2D eigenvalue weighted by Crippen LogP contribution is -1.91. The van der Waals surface area contributed by atoms with Crippen LogP contribution in [-0.4, -0.2) is 9.91 Å². The predicted octanol–water partition coefficient (Wildman–Crippen LogP) is 2.35. The molecule has 0 aliphatic heterocycles. The van der Waals surface area contributed by atoms with Crippen LogP contribution in [0.25, 0.3) is 10.2 Å². The lowest BCUT2D eigenvalue weighted by molar-refractivity contribution is -0.384. The van der Waals surface area contributed by atoms with Gasteiger partial charge in [-0.05, 0) is 12.0 Å². The van der Waals surface area contributed by atoms with Gasteiger partial charge in [-0.25, -0.2) is 4.98 Å². The van der Waals surface area contributed by atoms with Gasteiger partial charge in [0.2, 0.25) is 0 Å². The van der Waals surface area contributed by atoms with Gasteiger partial charge in [0.05, 0.1) is 15.1 Å². The predicted molar refractivity (Wildman–Crippen MR) is 60.1 cm³/mol. The largest absolute Gasteiger partial charge is 0.375 e. The number of rotatable bonds is 2. The summed E-state index contributed by atoms with van der Waals surface area (Å²) in [5.74, 6) is 0. The third-order valence-electron chi connectivity index (χ3n) is 2.17. The average Bonchev–Trinajstić information content (AvgIpc) is 2.56. The molecule has 2 aromatic rings. The van der Waals surface area contributed by atoms with Gasteiger partial charge in [0.1, 0.15) is 0 Å². The number of nitro benzene ring substituents is 1. The first-order valence-electron chi connectivity index (χ1n) is 4.45. The summed E-state index contributed by atoms with van der Waals surface area (Å²) in [4.78, 5) is 14.4. The van der Waals surface area contributed by atoms with E-state index in [0.29, 0.717) is 11.6 Å². The second kappa shape index (κ2) is 3.47. The molecule has 0 fully saturated rings. The van der Waals surface area contributed by atoms with Crippen molar-refractivity contribution in [3.05, 3.63) is 27.8 Å². The zero-order valence-electron chi connectivity index (χ0n) is 8.06. The molecule has 0 unspecified atom stereocenters. The topological polar surface area (TPSA) is 82.0 Å². The molecule has 2 N–H and O–H groups in total. The van der Waals surface area contributed by atoms with Crippen molar-refractivity contribution >= 4 is 32.4 Å². The second-order valence-electron chi connectivity index (χ2n) is 3.11. The number of anilines is 1. The highest BCUT2D eigenvalue weighted by Gasteiger charge is 2.13. The number of non-ortho nitro benzene ring substituents is 1. The Bertz CT molecular complexity index is 535. The summed E-state index contributed by atoms with van der Waals surface area (Å²) < 4.78 is 0.776. The maximum absolute atomic E-state index is 10.7. The van der Waals surface area contributed by atoms with Crippen LogP contribution in [0.15, 0.2) is 12.1 Å². The van der Waals surface area contributed by atoms with Crippen molar-refractivity contribution in [1.29, 1.82) is 0 Å². The van der Waals surface area contributed by atoms with E-state index >= 15 is 0 Å². The van der Waals surface area contributed by atoms with Crippen LogP contribution in [0.2, 0.25) is 0 Å². The molecule has 0 bridgehead atoms. The van der Waals surface area contributed by atoms with E-state index in [1.165, 1.54) is 17.4 Å². The molecule has 1 aromatic heterocycles. The van der Waals surface area contributed by atoms with Crippen LogP contribution in [0.1, 0.15) is 12.5 Å². The maximum atomic E-state index is 10.7. The van der Waals surface area contributed by atoms with Gasteiger partial charge in [-0.15, -0.1) is 0 Å². The molecule has 15 heavy (non-hydrogen) atoms. The van der Waals surface area contributed by atoms with Crippen LogP contribution in [-0.2, 0) is 6.42 Å². The van der Waals surface area contributed by atoms with Crippen molar-refractivity contribution in [1.82, 2.24) is 4.98 Å². The standard InChI is InChI=1S/C9H9N3O2S/c1-2-5-3-6(12(13)14)4-7-8(5)11-9(10)15-7/h3-4H,2H2,1H3,(H2,10,11). The molecule has 0 saturated carbocycles. The highest BCUT2D eigenvalue weighted by Crippen LogP contribution is 2.30. The minimum Gasteiger partial charge on any atom is -0.375 e. The average molecular weight is 223 g/mol. The monoisotopic (exact) mass is 223 g/mol. The molecule has 1 heterocycles. The van der Waals surface area contributed by atoms with Crippen LogP contribution in [0.5, 0.6) is 0 Å². The molecular formula is C9H9N3O2S. The number of fused-ring (bicyclic) bond motifs is 1. The third-order valence-corrected chi connectivity index (χ3v) is 3.00. The molecule has 0 amide bonds. The summed E-state index contributed by atoms with van der Waals surface area (Å²) >= 11 is 1.28. The molecule has 1 aromatic carbocycles. The normalized spacial score (nSPS) is 10.7. The molecule has 0 aliphatic carbocycles. The highest BCUT2D eigenvalue weighted by atomic mass is 32.1. The number of nitrogens with two attached hydrogens (primary N) is 1. The van der Waals surface area contributed by atoms with Crippen molar-refractivity contribution in [2.24, 2.45) is 0 Å². The summed E-state index contributed by atoms with van der Waals surface area (Å²) in [7, 11) is 0. The van der Waals surface area contributed by atoms with E-state index in [4.69, 9.17) is 5.73 Å². The van der Waals surface area contributed by atoms with Crippen LogP contribution in [0, 0.1) is 10.1 Å². The number of benzene rings is 1. The lowest BCUT2D eigenvalue weighted by atomic mass is 10.1. The van der Waals surface area contributed by atoms with Gasteiger partial charge in [-0.3, -0.25) is 10.1 Å². The number of aryl methyl sites for hydroxylation is 1. The molecule has 5 nitrogen and oxygen atoms in total. The molecule has 0 radical (unpaired) electrons. The fraction of sp³-hybridized carbons (Fsp3) is 0.222. The first kappa shape index (κ1) is 9.85. The van der Waals surface area contributed by atoms with Crippen LogP contribution in [0.4, 0.5) is 10.8 Å². The van der Waals surface area contributed by atoms with Crippen molar-refractivity contribution in [3.8, 4) is 0 Å². The highest BCUT2D eigenvalue weighted by molar-refractivity contribution is 7.22.